The Balaban J connectivity index is 0. The molecule has 3 fully saturated rings. The van der Waals surface area contributed by atoms with E-state index in [1.54, 1.807) is 9.80 Å². The molecule has 0 aromatic heterocycles. The van der Waals surface area contributed by atoms with Gasteiger partial charge in [0.25, 0.3) is 0 Å². The molecule has 3 aliphatic rings. The molecule has 8 nitrogen and oxygen atoms in total. The molecule has 32 heavy (non-hydrogen) atoms. The van der Waals surface area contributed by atoms with E-state index in [4.69, 9.17) is 5.11 Å². The van der Waals surface area contributed by atoms with Crippen LogP contribution in [-0.2, 0) is 14.4 Å². The largest absolute Gasteiger partial charge is 0.481 e. The summed E-state index contributed by atoms with van der Waals surface area (Å²) in [4.78, 5) is 40.6. The van der Waals surface area contributed by atoms with E-state index in [0.717, 1.165) is 51.9 Å². The second kappa shape index (κ2) is 16.3. The fraction of sp³-hybridized carbons (Fsp3) is 0.870. The molecule has 2 atom stereocenters. The summed E-state index contributed by atoms with van der Waals surface area (Å²) < 4.78 is 0. The first-order valence-electron chi connectivity index (χ1n) is 11.0. The molecule has 190 valence electrons. The minimum atomic E-state index is -0.653. The quantitative estimate of drug-likeness (QED) is 0.670. The van der Waals surface area contributed by atoms with Crippen LogP contribution in [-0.4, -0.2) is 111 Å². The molecule has 2 amide bonds. The van der Waals surface area contributed by atoms with Gasteiger partial charge in [-0.2, -0.15) is 0 Å². The van der Waals surface area contributed by atoms with E-state index in [0.29, 0.717) is 11.8 Å². The molecule has 2 saturated heterocycles. The number of amides is 2. The third-order valence-corrected chi connectivity index (χ3v) is 6.07. The van der Waals surface area contributed by atoms with E-state index in [9.17, 15) is 14.4 Å². The lowest BCUT2D eigenvalue weighted by Crippen LogP contribution is -2.31. The molecule has 0 radical (unpaired) electrons. The maximum atomic E-state index is 11.4. The summed E-state index contributed by atoms with van der Waals surface area (Å²) in [7, 11) is 11.3. The molecule has 2 unspecified atom stereocenters. The summed E-state index contributed by atoms with van der Waals surface area (Å²) in [5, 5.41) is 8.50. The van der Waals surface area contributed by atoms with Gasteiger partial charge in [0.1, 0.15) is 0 Å². The van der Waals surface area contributed by atoms with Crippen molar-refractivity contribution in [3.63, 3.8) is 0 Å². The van der Waals surface area contributed by atoms with Crippen molar-refractivity contribution < 1.29 is 19.5 Å². The van der Waals surface area contributed by atoms with Crippen LogP contribution in [0.3, 0.4) is 0 Å². The number of hydrogen-bond acceptors (Lipinski definition) is 5. The molecule has 0 spiro atoms. The third kappa shape index (κ3) is 11.5. The Morgan fingerprint density at radius 1 is 0.719 bits per heavy atom. The first-order valence-corrected chi connectivity index (χ1v) is 11.0. The first-order chi connectivity index (χ1) is 14.0. The van der Waals surface area contributed by atoms with Gasteiger partial charge in [-0.1, -0.05) is 20.3 Å². The second-order valence-electron chi connectivity index (χ2n) is 9.28. The Hall–Kier alpha value is -1.38. The summed E-state index contributed by atoms with van der Waals surface area (Å²) in [5.74, 6) is 0.409. The number of carboxylic acid groups (broad SMARTS) is 1. The predicted molar refractivity (Wildman–Crippen MR) is 132 cm³/mol. The Morgan fingerprint density at radius 3 is 1.38 bits per heavy atom. The predicted octanol–water partition coefficient (Wildman–Crippen LogP) is 2.37. The van der Waals surface area contributed by atoms with Crippen molar-refractivity contribution in [2.24, 2.45) is 17.8 Å². The molecule has 0 aromatic rings. The van der Waals surface area contributed by atoms with Crippen molar-refractivity contribution in [2.75, 3.05) is 68.5 Å². The van der Waals surface area contributed by atoms with E-state index in [-0.39, 0.29) is 37.6 Å². The Kier molecular flexibility index (Phi) is 16.7. The monoisotopic (exact) mass is 478 g/mol. The van der Waals surface area contributed by atoms with Crippen molar-refractivity contribution in [1.29, 1.82) is 0 Å². The van der Waals surface area contributed by atoms with Crippen molar-refractivity contribution in [3.8, 4) is 0 Å². The average Bonchev–Trinajstić information content (AvgIpc) is 3.43. The zero-order valence-corrected chi connectivity index (χ0v) is 21.0. The van der Waals surface area contributed by atoms with Crippen LogP contribution < -0.4 is 0 Å². The van der Waals surface area contributed by atoms with Gasteiger partial charge in [0.05, 0.1) is 11.8 Å². The smallest absolute Gasteiger partial charge is 0.307 e. The number of halogens is 1. The zero-order chi connectivity index (χ0) is 22.8. The number of rotatable bonds is 3. The summed E-state index contributed by atoms with van der Waals surface area (Å²) in [6.45, 7) is 3.63. The molecule has 9 heteroatoms. The summed E-state index contributed by atoms with van der Waals surface area (Å²) in [5.41, 5.74) is 0. The molecule has 2 heterocycles. The molecule has 1 saturated carbocycles. The normalized spacial score (nSPS) is 22.9. The topological polar surface area (TPSA) is 84.4 Å². The van der Waals surface area contributed by atoms with Crippen LogP contribution in [0.4, 0.5) is 0 Å². The molecular weight excluding hydrogens is 432 g/mol. The van der Waals surface area contributed by atoms with Gasteiger partial charge in [0.15, 0.2) is 0 Å². The fourth-order valence-corrected chi connectivity index (χ4v) is 4.18. The number of nitrogens with zero attached hydrogens (tertiary/aromatic N) is 4. The van der Waals surface area contributed by atoms with Crippen LogP contribution in [0, 0.1) is 17.8 Å². The van der Waals surface area contributed by atoms with E-state index in [1.165, 1.54) is 12.8 Å². The standard InChI is InChI=1S/C8H16N2O.C8H15NO.C6H11NO2.CH4.ClH/c1-9(2)8(11)7-4-5-10(3)6-7;1-9(2)8(10)7-5-3-4-6-7;1-7-3-2-5(4-7)6(8)9;;/h7H,4-6H2,1-3H3;7H,3-6H2,1-2H3;5H,2-4H2,1H3,(H,8,9);1H4;1H. The van der Waals surface area contributed by atoms with Crippen LogP contribution >= 0.6 is 12.4 Å². The van der Waals surface area contributed by atoms with Crippen LogP contribution in [0.2, 0.25) is 0 Å². The van der Waals surface area contributed by atoms with Crippen LogP contribution in [0.15, 0.2) is 0 Å². The van der Waals surface area contributed by atoms with Gasteiger partial charge in [-0.15, -0.1) is 12.4 Å². The number of hydrogen-bond donors (Lipinski definition) is 1. The summed E-state index contributed by atoms with van der Waals surface area (Å²) in [6.07, 6.45) is 6.53. The van der Waals surface area contributed by atoms with Crippen molar-refractivity contribution in [2.45, 2.75) is 46.0 Å². The highest BCUT2D eigenvalue weighted by atomic mass is 35.5. The van der Waals surface area contributed by atoms with Crippen molar-refractivity contribution in [3.05, 3.63) is 0 Å². The van der Waals surface area contributed by atoms with Gasteiger partial charge >= 0.3 is 5.97 Å². The first kappa shape index (κ1) is 32.8. The number of likely N-dealkylation sites (tertiary alicyclic amines) is 2. The zero-order valence-electron chi connectivity index (χ0n) is 20.2. The van der Waals surface area contributed by atoms with Gasteiger partial charge < -0.3 is 24.7 Å². The van der Waals surface area contributed by atoms with Crippen LogP contribution in [0.25, 0.3) is 0 Å². The van der Waals surface area contributed by atoms with E-state index < -0.39 is 5.97 Å². The van der Waals surface area contributed by atoms with Crippen molar-refractivity contribution >= 4 is 30.2 Å². The number of carbonyl (C=O) groups is 3. The van der Waals surface area contributed by atoms with E-state index >= 15 is 0 Å². The Labute approximate surface area is 201 Å². The SMILES string of the molecule is C.CN(C)C(=O)C1CCCC1.CN1CCC(C(=O)N(C)C)C1.CN1CCC(C(=O)O)C1.Cl. The lowest BCUT2D eigenvalue weighted by molar-refractivity contribution is -0.141. The maximum absolute atomic E-state index is 11.4. The minimum absolute atomic E-state index is 0. The van der Waals surface area contributed by atoms with E-state index in [1.807, 2.05) is 40.1 Å². The minimum Gasteiger partial charge on any atom is -0.481 e. The van der Waals surface area contributed by atoms with Gasteiger partial charge in [-0.3, -0.25) is 14.4 Å². The number of aliphatic carboxylic acids is 1. The van der Waals surface area contributed by atoms with Crippen LogP contribution in [0.5, 0.6) is 0 Å². The average molecular weight is 479 g/mol. The van der Waals surface area contributed by atoms with Gasteiger partial charge in [0.2, 0.25) is 11.8 Å². The maximum Gasteiger partial charge on any atom is 0.307 e. The lowest BCUT2D eigenvalue weighted by Gasteiger charge is -2.15. The highest BCUT2D eigenvalue weighted by Crippen LogP contribution is 2.25. The summed E-state index contributed by atoms with van der Waals surface area (Å²) in [6, 6.07) is 0. The Morgan fingerprint density at radius 2 is 1.09 bits per heavy atom. The van der Waals surface area contributed by atoms with E-state index in [2.05, 4.69) is 11.9 Å². The number of carboxylic acids is 1. The lowest BCUT2D eigenvalue weighted by atomic mass is 10.1. The molecule has 2 aliphatic heterocycles. The molecule has 0 bridgehead atoms. The molecular formula is C23H47ClN4O4. The fourth-order valence-electron chi connectivity index (χ4n) is 4.18. The van der Waals surface area contributed by atoms with Gasteiger partial charge in [-0.05, 0) is 52.9 Å². The highest BCUT2D eigenvalue weighted by Gasteiger charge is 2.27. The van der Waals surface area contributed by atoms with Gasteiger partial charge in [0, 0.05) is 47.2 Å². The van der Waals surface area contributed by atoms with Crippen molar-refractivity contribution in [1.82, 2.24) is 19.6 Å². The summed E-state index contributed by atoms with van der Waals surface area (Å²) >= 11 is 0. The molecule has 1 N–H and O–H groups in total. The molecule has 0 aromatic carbocycles. The molecule has 3 rings (SSSR count). The van der Waals surface area contributed by atoms with Gasteiger partial charge in [-0.25, -0.2) is 0 Å². The van der Waals surface area contributed by atoms with Crippen LogP contribution in [0.1, 0.15) is 46.0 Å². The Bertz CT molecular complexity index is 568. The molecule has 1 aliphatic carbocycles. The highest BCUT2D eigenvalue weighted by molar-refractivity contribution is 5.85. The third-order valence-electron chi connectivity index (χ3n) is 6.07. The second-order valence-corrected chi connectivity index (χ2v) is 9.28. The number of carbonyl (C=O) groups excluding carboxylic acids is 2.